The monoisotopic (exact) mass is 250 g/mol. The van der Waals surface area contributed by atoms with E-state index in [9.17, 15) is 4.79 Å². The Kier molecular flexibility index (Phi) is 3.69. The third kappa shape index (κ3) is 2.46. The van der Waals surface area contributed by atoms with Gasteiger partial charge in [0.1, 0.15) is 0 Å². The van der Waals surface area contributed by atoms with E-state index in [2.05, 4.69) is 12.2 Å². The Morgan fingerprint density at radius 3 is 2.67 bits per heavy atom. The number of hydrogen-bond acceptors (Lipinski definition) is 3. The highest BCUT2D eigenvalue weighted by Gasteiger charge is 2.35. The van der Waals surface area contributed by atoms with Gasteiger partial charge in [0, 0.05) is 0 Å². The zero-order valence-electron chi connectivity index (χ0n) is 10.8. The van der Waals surface area contributed by atoms with Gasteiger partial charge in [-0.3, -0.25) is 4.79 Å². The molecule has 0 N–H and O–H groups in total. The van der Waals surface area contributed by atoms with Crippen molar-refractivity contribution in [1.29, 1.82) is 0 Å². The molecule has 3 nitrogen and oxygen atoms in total. The van der Waals surface area contributed by atoms with Crippen molar-refractivity contribution in [3.05, 3.63) is 12.2 Å². The topological polar surface area (TPSA) is 35.5 Å². The van der Waals surface area contributed by atoms with Gasteiger partial charge in [-0.15, -0.1) is 0 Å². The summed E-state index contributed by atoms with van der Waals surface area (Å²) in [5, 5.41) is 0. The molecule has 1 aliphatic heterocycles. The van der Waals surface area contributed by atoms with E-state index in [4.69, 9.17) is 9.47 Å². The summed E-state index contributed by atoms with van der Waals surface area (Å²) in [7, 11) is 0. The number of carbonyl (C=O) groups is 1. The van der Waals surface area contributed by atoms with Gasteiger partial charge in [0.05, 0.1) is 25.2 Å². The first-order chi connectivity index (χ1) is 8.84. The van der Waals surface area contributed by atoms with Gasteiger partial charge in [0.2, 0.25) is 0 Å². The van der Waals surface area contributed by atoms with Crippen molar-refractivity contribution in [2.45, 2.75) is 44.6 Å². The molecule has 0 spiro atoms. The summed E-state index contributed by atoms with van der Waals surface area (Å²) in [5.41, 5.74) is 0. The van der Waals surface area contributed by atoms with Crippen LogP contribution in [0.4, 0.5) is 0 Å². The fraction of sp³-hybridized carbons (Fsp3) is 0.800. The van der Waals surface area contributed by atoms with E-state index in [0.717, 1.165) is 19.4 Å². The van der Waals surface area contributed by atoms with E-state index < -0.39 is 0 Å². The molecular weight excluding hydrogens is 228 g/mol. The zero-order chi connectivity index (χ0) is 12.4. The van der Waals surface area contributed by atoms with Crippen LogP contribution in [-0.4, -0.2) is 25.3 Å². The number of hydrogen-bond donors (Lipinski definition) is 0. The minimum Gasteiger partial charge on any atom is -0.465 e. The first kappa shape index (κ1) is 12.2. The quantitative estimate of drug-likeness (QED) is 0.490. The number of esters is 1. The molecule has 1 saturated carbocycles. The molecule has 0 aromatic rings. The zero-order valence-corrected chi connectivity index (χ0v) is 10.8. The predicted molar refractivity (Wildman–Crippen MR) is 68.0 cm³/mol. The number of carbonyl (C=O) groups excluding carboxylic acids is 1. The molecule has 0 bridgehead atoms. The second kappa shape index (κ2) is 5.43. The van der Waals surface area contributed by atoms with E-state index in [1.807, 2.05) is 0 Å². The lowest BCUT2D eigenvalue weighted by Crippen LogP contribution is -2.32. The summed E-state index contributed by atoms with van der Waals surface area (Å²) in [4.78, 5) is 12.1. The number of rotatable bonds is 0. The summed E-state index contributed by atoms with van der Waals surface area (Å²) in [6, 6.07) is 0. The third-order valence-corrected chi connectivity index (χ3v) is 4.68. The molecule has 100 valence electrons. The Balaban J connectivity index is 1.74. The first-order valence-electron chi connectivity index (χ1n) is 7.29. The molecule has 0 unspecified atom stereocenters. The van der Waals surface area contributed by atoms with Gasteiger partial charge in [-0.05, 0) is 37.5 Å². The Hall–Kier alpha value is -0.830. The highest BCUT2D eigenvalue weighted by Crippen LogP contribution is 2.34. The normalized spacial score (nSPS) is 40.8. The van der Waals surface area contributed by atoms with Gasteiger partial charge in [0.25, 0.3) is 0 Å². The maximum atomic E-state index is 12.1. The van der Waals surface area contributed by atoms with Gasteiger partial charge in [0.15, 0.2) is 0 Å². The molecule has 3 aliphatic rings. The molecule has 2 aliphatic carbocycles. The molecular formula is C15H22O3. The van der Waals surface area contributed by atoms with E-state index in [1.165, 1.54) is 25.7 Å². The second-order valence-corrected chi connectivity index (χ2v) is 5.84. The Bertz CT molecular complexity index is 337. The minimum absolute atomic E-state index is 0.0458. The van der Waals surface area contributed by atoms with Crippen LogP contribution in [-0.2, 0) is 14.3 Å². The van der Waals surface area contributed by atoms with E-state index in [0.29, 0.717) is 18.4 Å². The van der Waals surface area contributed by atoms with Gasteiger partial charge >= 0.3 is 5.97 Å². The molecule has 3 heteroatoms. The molecule has 0 radical (unpaired) electrons. The van der Waals surface area contributed by atoms with Gasteiger partial charge < -0.3 is 9.47 Å². The third-order valence-electron chi connectivity index (χ3n) is 4.68. The van der Waals surface area contributed by atoms with Crippen molar-refractivity contribution in [1.82, 2.24) is 0 Å². The maximum Gasteiger partial charge on any atom is 0.311 e. The lowest BCUT2D eigenvalue weighted by Gasteiger charge is -2.30. The highest BCUT2D eigenvalue weighted by molar-refractivity contribution is 5.73. The summed E-state index contributed by atoms with van der Waals surface area (Å²) >= 11 is 0. The first-order valence-corrected chi connectivity index (χ1v) is 7.29. The van der Waals surface area contributed by atoms with Crippen LogP contribution in [0, 0.1) is 17.8 Å². The summed E-state index contributed by atoms with van der Waals surface area (Å²) < 4.78 is 11.6. The summed E-state index contributed by atoms with van der Waals surface area (Å²) in [6.07, 6.45) is 10.9. The average Bonchev–Trinajstić information content (AvgIpc) is 2.49. The van der Waals surface area contributed by atoms with Crippen molar-refractivity contribution in [2.24, 2.45) is 17.8 Å². The largest absolute Gasteiger partial charge is 0.465 e. The van der Waals surface area contributed by atoms with Crippen LogP contribution < -0.4 is 0 Å². The standard InChI is InChI=1S/C15H22O3/c16-15-13-7-3-4-8-14(13)17-9-11-5-1-2-6-12(11)10-18-15/h4,8,11-14H,1-3,5-7,9-10H2/t11-,12+,13-,14+/m0/s1. The molecule has 4 atom stereocenters. The van der Waals surface area contributed by atoms with E-state index in [-0.39, 0.29) is 18.0 Å². The van der Waals surface area contributed by atoms with Crippen molar-refractivity contribution < 1.29 is 14.3 Å². The number of allylic oxidation sites excluding steroid dienone is 1. The van der Waals surface area contributed by atoms with Gasteiger partial charge in [-0.25, -0.2) is 0 Å². The van der Waals surface area contributed by atoms with Gasteiger partial charge in [-0.1, -0.05) is 25.0 Å². The molecule has 18 heavy (non-hydrogen) atoms. The van der Waals surface area contributed by atoms with Crippen LogP contribution >= 0.6 is 0 Å². The highest BCUT2D eigenvalue weighted by atomic mass is 16.5. The van der Waals surface area contributed by atoms with Crippen LogP contribution in [0.3, 0.4) is 0 Å². The van der Waals surface area contributed by atoms with Crippen LogP contribution in [0.1, 0.15) is 38.5 Å². The predicted octanol–water partition coefficient (Wildman–Crippen LogP) is 2.70. The maximum absolute atomic E-state index is 12.1. The lowest BCUT2D eigenvalue weighted by atomic mass is 9.80. The van der Waals surface area contributed by atoms with E-state index in [1.54, 1.807) is 0 Å². The number of cyclic esters (lactones) is 1. The molecule has 0 aromatic heterocycles. The van der Waals surface area contributed by atoms with Crippen molar-refractivity contribution in [3.8, 4) is 0 Å². The van der Waals surface area contributed by atoms with Crippen LogP contribution in [0.25, 0.3) is 0 Å². The average molecular weight is 250 g/mol. The molecule has 1 saturated heterocycles. The molecule has 1 heterocycles. The van der Waals surface area contributed by atoms with E-state index >= 15 is 0 Å². The van der Waals surface area contributed by atoms with Crippen molar-refractivity contribution in [2.75, 3.05) is 13.2 Å². The second-order valence-electron chi connectivity index (χ2n) is 5.84. The Morgan fingerprint density at radius 1 is 1.06 bits per heavy atom. The van der Waals surface area contributed by atoms with Crippen molar-refractivity contribution in [3.63, 3.8) is 0 Å². The number of ether oxygens (including phenoxy) is 2. The minimum atomic E-state index is -0.0739. The fourth-order valence-corrected chi connectivity index (χ4v) is 3.48. The molecule has 0 amide bonds. The number of fused-ring (bicyclic) bond motifs is 2. The van der Waals surface area contributed by atoms with Gasteiger partial charge in [-0.2, -0.15) is 0 Å². The fourth-order valence-electron chi connectivity index (χ4n) is 3.48. The Morgan fingerprint density at radius 2 is 1.83 bits per heavy atom. The molecule has 0 aromatic carbocycles. The van der Waals surface area contributed by atoms with Crippen LogP contribution in [0.5, 0.6) is 0 Å². The smallest absolute Gasteiger partial charge is 0.311 e. The SMILES string of the molecule is O=C1OC[C@H]2CCCC[C@H]2CO[C@@H]2C=CCC[C@H]12. The van der Waals surface area contributed by atoms with Crippen molar-refractivity contribution >= 4 is 5.97 Å². The summed E-state index contributed by atoms with van der Waals surface area (Å²) in [5.74, 6) is 0.984. The van der Waals surface area contributed by atoms with Crippen LogP contribution in [0.15, 0.2) is 12.2 Å². The lowest BCUT2D eigenvalue weighted by molar-refractivity contribution is -0.153. The Labute approximate surface area is 109 Å². The summed E-state index contributed by atoms with van der Waals surface area (Å²) in [6.45, 7) is 1.41. The molecule has 2 fully saturated rings. The van der Waals surface area contributed by atoms with Crippen LogP contribution in [0.2, 0.25) is 0 Å². The molecule has 3 rings (SSSR count).